The van der Waals surface area contributed by atoms with E-state index < -0.39 is 11.9 Å². The summed E-state index contributed by atoms with van der Waals surface area (Å²) >= 11 is 0. The van der Waals surface area contributed by atoms with Crippen molar-refractivity contribution in [2.24, 2.45) is 5.10 Å². The lowest BCUT2D eigenvalue weighted by atomic mass is 9.95. The van der Waals surface area contributed by atoms with Gasteiger partial charge in [0, 0.05) is 32.0 Å². The molecule has 1 unspecified atom stereocenters. The molecule has 2 aromatic carbocycles. The quantitative estimate of drug-likeness (QED) is 0.146. The van der Waals surface area contributed by atoms with E-state index >= 15 is 0 Å². The molecule has 0 fully saturated rings. The van der Waals surface area contributed by atoms with Crippen LogP contribution in [0.3, 0.4) is 0 Å². The van der Waals surface area contributed by atoms with Crippen LogP contribution >= 0.6 is 0 Å². The smallest absolute Gasteiger partial charge is 0.311 e. The average molecular weight is 524 g/mol. The van der Waals surface area contributed by atoms with Crippen LogP contribution in [0.4, 0.5) is 5.69 Å². The second-order valence-electron chi connectivity index (χ2n) is 8.33. The number of rotatable bonds is 10. The third-order valence-electron chi connectivity index (χ3n) is 4.87. The molecule has 2 aromatic rings. The van der Waals surface area contributed by atoms with Crippen molar-refractivity contribution in [3.05, 3.63) is 102 Å². The van der Waals surface area contributed by atoms with E-state index in [2.05, 4.69) is 23.6 Å². The summed E-state index contributed by atoms with van der Waals surface area (Å²) in [6.45, 7) is 20.2. The predicted molar refractivity (Wildman–Crippen MR) is 165 cm³/mol. The number of nitrogens with zero attached hydrogens (tertiary/aromatic N) is 2. The van der Waals surface area contributed by atoms with Crippen molar-refractivity contribution in [2.75, 3.05) is 32.3 Å². The molecule has 0 radical (unpaired) electrons. The van der Waals surface area contributed by atoms with Crippen LogP contribution in [0.2, 0.25) is 0 Å². The van der Waals surface area contributed by atoms with Gasteiger partial charge < -0.3 is 15.2 Å². The highest BCUT2D eigenvalue weighted by molar-refractivity contribution is 5.80. The summed E-state index contributed by atoms with van der Waals surface area (Å²) in [6.07, 6.45) is 7.50. The summed E-state index contributed by atoms with van der Waals surface area (Å²) in [5.74, 6) is -1.45. The third kappa shape index (κ3) is 17.1. The van der Waals surface area contributed by atoms with Gasteiger partial charge in [-0.15, -0.1) is 13.2 Å². The highest BCUT2D eigenvalue weighted by atomic mass is 16.5. The maximum absolute atomic E-state index is 11.7. The van der Waals surface area contributed by atoms with Crippen molar-refractivity contribution in [1.82, 2.24) is 5.32 Å². The van der Waals surface area contributed by atoms with Crippen molar-refractivity contribution in [3.8, 4) is 0 Å². The molecule has 0 amide bonds. The first-order valence-corrected chi connectivity index (χ1v) is 12.8. The van der Waals surface area contributed by atoms with E-state index in [1.807, 2.05) is 108 Å². The minimum atomic E-state index is -0.841. The number of hydrogen-bond acceptors (Lipinski definition) is 5. The van der Waals surface area contributed by atoms with Gasteiger partial charge in [0.2, 0.25) is 0 Å². The first kappa shape index (κ1) is 36.7. The molecule has 0 aliphatic carbocycles. The Balaban J connectivity index is 0. The Kier molecular flexibility index (Phi) is 23.1. The number of nitrogens with one attached hydrogen (secondary N) is 1. The number of likely N-dealkylation sites (N-methyl/N-ethyl adjacent to an activating group) is 1. The Hall–Kier alpha value is -3.48. The number of aryl methyl sites for hydroxylation is 2. The van der Waals surface area contributed by atoms with E-state index in [0.29, 0.717) is 6.42 Å². The Morgan fingerprint density at radius 2 is 1.66 bits per heavy atom. The minimum absolute atomic E-state index is 0.331. The fourth-order valence-electron chi connectivity index (χ4n) is 2.87. The summed E-state index contributed by atoms with van der Waals surface area (Å²) in [5, 5.41) is 18.9. The lowest BCUT2D eigenvalue weighted by molar-refractivity contribution is -0.138. The second-order valence-corrected chi connectivity index (χ2v) is 8.33. The molecule has 6 heteroatoms. The normalized spacial score (nSPS) is 11.0. The molecule has 0 saturated heterocycles. The molecule has 0 aromatic heterocycles. The number of methoxy groups -OCH3 is 1. The van der Waals surface area contributed by atoms with Crippen LogP contribution in [-0.2, 0) is 9.53 Å². The molecule has 0 saturated carbocycles. The molecule has 210 valence electrons. The van der Waals surface area contributed by atoms with Gasteiger partial charge in [0.25, 0.3) is 0 Å². The Bertz CT molecular complexity index is 956. The van der Waals surface area contributed by atoms with Crippen LogP contribution in [0.1, 0.15) is 56.7 Å². The maximum Gasteiger partial charge on any atom is 0.311 e. The minimum Gasteiger partial charge on any atom is -0.481 e. The first-order chi connectivity index (χ1) is 18.2. The van der Waals surface area contributed by atoms with Crippen LogP contribution in [0.15, 0.2) is 90.7 Å². The van der Waals surface area contributed by atoms with Gasteiger partial charge >= 0.3 is 5.97 Å². The zero-order valence-corrected chi connectivity index (χ0v) is 24.7. The van der Waals surface area contributed by atoms with E-state index in [0.717, 1.165) is 35.7 Å². The average Bonchev–Trinajstić information content (AvgIpc) is 2.89. The van der Waals surface area contributed by atoms with Gasteiger partial charge in [-0.05, 0) is 66.3 Å². The SMILES string of the molecule is C/C=C(/C)N(/N=C/CC(C(=O)O)c1cccc(C)c1)c1ccc(C)cc1.C=CC.C=CC.CNCCOC. The summed E-state index contributed by atoms with van der Waals surface area (Å²) in [6, 6.07) is 15.7. The number of ether oxygens (including phenoxy) is 1. The van der Waals surface area contributed by atoms with Crippen LogP contribution in [-0.4, -0.2) is 44.6 Å². The largest absolute Gasteiger partial charge is 0.481 e. The van der Waals surface area contributed by atoms with Gasteiger partial charge in [0.1, 0.15) is 0 Å². The Morgan fingerprint density at radius 3 is 2.08 bits per heavy atom. The number of anilines is 1. The number of hydrogen-bond donors (Lipinski definition) is 2. The van der Waals surface area contributed by atoms with E-state index in [4.69, 9.17) is 4.74 Å². The summed E-state index contributed by atoms with van der Waals surface area (Å²) < 4.78 is 4.72. The standard InChI is InChI=1S/C22H26N2O2.C4H11NO.2C3H6/c1-5-18(4)24(20-11-9-16(2)10-12-20)23-14-13-21(22(25)26)19-8-6-7-17(3)15-19;1-5-3-4-6-2;2*1-3-2/h5-12,14-15,21H,13H2,1-4H3,(H,25,26);5H,3-4H2,1-2H3;2*3H,1H2,2H3/b18-5-,23-14+;;;. The van der Waals surface area contributed by atoms with Gasteiger partial charge in [0.15, 0.2) is 0 Å². The van der Waals surface area contributed by atoms with E-state index in [1.165, 1.54) is 5.56 Å². The van der Waals surface area contributed by atoms with Crippen molar-refractivity contribution in [2.45, 2.75) is 53.9 Å². The molecular weight excluding hydrogens is 474 g/mol. The summed E-state index contributed by atoms with van der Waals surface area (Å²) in [7, 11) is 3.59. The number of benzene rings is 2. The molecule has 38 heavy (non-hydrogen) atoms. The third-order valence-corrected chi connectivity index (χ3v) is 4.87. The molecule has 1 atom stereocenters. The fraction of sp³-hybridized carbons (Fsp3) is 0.375. The zero-order chi connectivity index (χ0) is 29.3. The van der Waals surface area contributed by atoms with Crippen molar-refractivity contribution >= 4 is 17.9 Å². The number of aliphatic carboxylic acids is 1. The van der Waals surface area contributed by atoms with Gasteiger partial charge in [0.05, 0.1) is 18.2 Å². The molecule has 0 aliphatic rings. The molecule has 0 heterocycles. The van der Waals surface area contributed by atoms with Crippen LogP contribution in [0.5, 0.6) is 0 Å². The van der Waals surface area contributed by atoms with Gasteiger partial charge in [-0.1, -0.05) is 65.8 Å². The number of carboxylic acids is 1. The number of hydrazone groups is 1. The fourth-order valence-corrected chi connectivity index (χ4v) is 2.87. The first-order valence-electron chi connectivity index (χ1n) is 12.8. The number of allylic oxidation sites excluding steroid dienone is 4. The Labute approximate surface area is 231 Å². The van der Waals surface area contributed by atoms with E-state index in [1.54, 1.807) is 25.5 Å². The van der Waals surface area contributed by atoms with Crippen molar-refractivity contribution < 1.29 is 14.6 Å². The molecule has 2 N–H and O–H groups in total. The summed E-state index contributed by atoms with van der Waals surface area (Å²) in [5.41, 5.74) is 4.96. The van der Waals surface area contributed by atoms with Gasteiger partial charge in [-0.25, -0.2) is 5.01 Å². The van der Waals surface area contributed by atoms with Gasteiger partial charge in [-0.3, -0.25) is 4.79 Å². The van der Waals surface area contributed by atoms with Gasteiger partial charge in [-0.2, -0.15) is 5.10 Å². The Morgan fingerprint density at radius 1 is 1.08 bits per heavy atom. The topological polar surface area (TPSA) is 74.2 Å². The van der Waals surface area contributed by atoms with E-state index in [-0.39, 0.29) is 0 Å². The molecule has 0 spiro atoms. The number of carboxylic acid groups (broad SMARTS) is 1. The van der Waals surface area contributed by atoms with Crippen molar-refractivity contribution in [1.29, 1.82) is 0 Å². The highest BCUT2D eigenvalue weighted by Gasteiger charge is 2.19. The molecule has 2 rings (SSSR count). The molecule has 6 nitrogen and oxygen atoms in total. The second kappa shape index (κ2) is 23.9. The zero-order valence-electron chi connectivity index (χ0n) is 24.7. The molecule has 0 bridgehead atoms. The molecular formula is C32H49N3O3. The number of carbonyl (C=O) groups is 1. The monoisotopic (exact) mass is 523 g/mol. The lowest BCUT2D eigenvalue weighted by Gasteiger charge is -2.20. The molecule has 0 aliphatic heterocycles. The lowest BCUT2D eigenvalue weighted by Crippen LogP contribution is -2.16. The maximum atomic E-state index is 11.7. The predicted octanol–water partition coefficient (Wildman–Crippen LogP) is 7.51. The van der Waals surface area contributed by atoms with Crippen molar-refractivity contribution in [3.63, 3.8) is 0 Å². The van der Waals surface area contributed by atoms with Crippen LogP contribution in [0.25, 0.3) is 0 Å². The highest BCUT2D eigenvalue weighted by Crippen LogP contribution is 2.23. The van der Waals surface area contributed by atoms with Crippen LogP contribution < -0.4 is 10.3 Å². The van der Waals surface area contributed by atoms with Crippen LogP contribution in [0, 0.1) is 13.8 Å². The summed E-state index contributed by atoms with van der Waals surface area (Å²) in [4.78, 5) is 11.7. The van der Waals surface area contributed by atoms with E-state index in [9.17, 15) is 9.90 Å².